The molecule has 0 aliphatic heterocycles. The fourth-order valence-electron chi connectivity index (χ4n) is 1.76. The predicted octanol–water partition coefficient (Wildman–Crippen LogP) is 4.37. The molecule has 0 fully saturated rings. The summed E-state index contributed by atoms with van der Waals surface area (Å²) in [5.74, 6) is -0.453. The lowest BCUT2D eigenvalue weighted by atomic mass is 10.0. The molecule has 3 nitrogen and oxygen atoms in total. The third-order valence-electron chi connectivity index (χ3n) is 2.67. The number of hydrogen-bond donors (Lipinski definition) is 1. The molecule has 0 unspecified atom stereocenters. The van der Waals surface area contributed by atoms with Crippen LogP contribution in [-0.2, 0) is 0 Å². The van der Waals surface area contributed by atoms with Crippen molar-refractivity contribution in [2.75, 3.05) is 7.11 Å². The van der Waals surface area contributed by atoms with Crippen molar-refractivity contribution in [2.24, 2.45) is 0 Å². The number of carboxylic acid groups (broad SMARTS) is 1. The number of aromatic carboxylic acids is 1. The third-order valence-corrected chi connectivity index (χ3v) is 3.22. The fraction of sp³-hybridized carbons (Fsp3) is 0.0714. The molecule has 0 amide bonds. The van der Waals surface area contributed by atoms with Crippen molar-refractivity contribution in [1.82, 2.24) is 0 Å². The SMILES string of the molecule is COc1cc(Cl)ccc1-c1ccc(C(=O)O)c(Cl)c1. The Morgan fingerprint density at radius 1 is 1.16 bits per heavy atom. The van der Waals surface area contributed by atoms with Crippen molar-refractivity contribution in [3.63, 3.8) is 0 Å². The molecule has 5 heteroatoms. The van der Waals surface area contributed by atoms with E-state index in [9.17, 15) is 4.79 Å². The summed E-state index contributed by atoms with van der Waals surface area (Å²) in [5.41, 5.74) is 1.63. The first kappa shape index (κ1) is 13.7. The van der Waals surface area contributed by atoms with Gasteiger partial charge in [0, 0.05) is 10.6 Å². The number of carboxylic acids is 1. The molecular formula is C14H10Cl2O3. The summed E-state index contributed by atoms with van der Waals surface area (Å²) in [7, 11) is 1.54. The van der Waals surface area contributed by atoms with Crippen LogP contribution in [0.3, 0.4) is 0 Å². The molecule has 0 bridgehead atoms. The zero-order valence-electron chi connectivity index (χ0n) is 9.98. The van der Waals surface area contributed by atoms with Gasteiger partial charge in [-0.05, 0) is 35.9 Å². The van der Waals surface area contributed by atoms with E-state index in [-0.39, 0.29) is 10.6 Å². The van der Waals surface area contributed by atoms with Gasteiger partial charge in [0.05, 0.1) is 17.7 Å². The van der Waals surface area contributed by atoms with Crippen LogP contribution in [0.2, 0.25) is 10.0 Å². The quantitative estimate of drug-likeness (QED) is 0.915. The Bertz CT molecular complexity index is 639. The Morgan fingerprint density at radius 2 is 1.89 bits per heavy atom. The minimum absolute atomic E-state index is 0.0679. The van der Waals surface area contributed by atoms with E-state index >= 15 is 0 Å². The van der Waals surface area contributed by atoms with Gasteiger partial charge in [0.25, 0.3) is 0 Å². The maximum Gasteiger partial charge on any atom is 0.337 e. The smallest absolute Gasteiger partial charge is 0.337 e. The van der Waals surface area contributed by atoms with Crippen LogP contribution in [0, 0.1) is 0 Å². The van der Waals surface area contributed by atoms with E-state index in [0.717, 1.165) is 11.1 Å². The summed E-state index contributed by atoms with van der Waals surface area (Å²) in [6, 6.07) is 9.97. The second-order valence-corrected chi connectivity index (χ2v) is 4.69. The highest BCUT2D eigenvalue weighted by molar-refractivity contribution is 6.33. The van der Waals surface area contributed by atoms with Crippen LogP contribution in [0.15, 0.2) is 36.4 Å². The number of rotatable bonds is 3. The second-order valence-electron chi connectivity index (χ2n) is 3.84. The third kappa shape index (κ3) is 2.83. The number of carbonyl (C=O) groups is 1. The van der Waals surface area contributed by atoms with Crippen molar-refractivity contribution < 1.29 is 14.6 Å². The minimum Gasteiger partial charge on any atom is -0.496 e. The van der Waals surface area contributed by atoms with E-state index in [0.29, 0.717) is 10.8 Å². The van der Waals surface area contributed by atoms with Crippen molar-refractivity contribution >= 4 is 29.2 Å². The van der Waals surface area contributed by atoms with Gasteiger partial charge in [-0.3, -0.25) is 0 Å². The average Bonchev–Trinajstić information content (AvgIpc) is 2.37. The van der Waals surface area contributed by atoms with Crippen LogP contribution in [0.25, 0.3) is 11.1 Å². The van der Waals surface area contributed by atoms with Gasteiger partial charge in [0.15, 0.2) is 0 Å². The molecule has 2 aromatic rings. The Labute approximate surface area is 120 Å². The summed E-state index contributed by atoms with van der Waals surface area (Å²) in [6.07, 6.45) is 0. The van der Waals surface area contributed by atoms with Gasteiger partial charge in [0.2, 0.25) is 0 Å². The Balaban J connectivity index is 2.54. The average molecular weight is 297 g/mol. The Morgan fingerprint density at radius 3 is 2.47 bits per heavy atom. The summed E-state index contributed by atoms with van der Waals surface area (Å²) < 4.78 is 5.25. The highest BCUT2D eigenvalue weighted by Gasteiger charge is 2.12. The molecule has 0 aliphatic rings. The van der Waals surface area contributed by atoms with Gasteiger partial charge in [0.1, 0.15) is 5.75 Å². The van der Waals surface area contributed by atoms with Gasteiger partial charge in [-0.25, -0.2) is 4.79 Å². The molecule has 2 aromatic carbocycles. The van der Waals surface area contributed by atoms with Gasteiger partial charge in [-0.1, -0.05) is 29.3 Å². The van der Waals surface area contributed by atoms with Gasteiger partial charge in [-0.15, -0.1) is 0 Å². The van der Waals surface area contributed by atoms with Crippen LogP contribution < -0.4 is 4.74 Å². The van der Waals surface area contributed by atoms with Crippen LogP contribution in [0.4, 0.5) is 0 Å². The molecule has 98 valence electrons. The van der Waals surface area contributed by atoms with E-state index in [1.807, 2.05) is 0 Å². The molecule has 0 heterocycles. The molecule has 19 heavy (non-hydrogen) atoms. The molecule has 0 spiro atoms. The Hall–Kier alpha value is -1.71. The van der Waals surface area contributed by atoms with Gasteiger partial charge in [-0.2, -0.15) is 0 Å². The molecule has 1 N–H and O–H groups in total. The fourth-order valence-corrected chi connectivity index (χ4v) is 2.18. The first-order valence-electron chi connectivity index (χ1n) is 5.39. The molecule has 0 saturated carbocycles. The van der Waals surface area contributed by atoms with Gasteiger partial charge >= 0.3 is 5.97 Å². The number of halogens is 2. The van der Waals surface area contributed by atoms with E-state index in [4.69, 9.17) is 33.0 Å². The molecule has 0 radical (unpaired) electrons. The molecule has 0 saturated heterocycles. The zero-order valence-corrected chi connectivity index (χ0v) is 11.5. The maximum absolute atomic E-state index is 10.9. The van der Waals surface area contributed by atoms with Crippen LogP contribution in [0.1, 0.15) is 10.4 Å². The first-order valence-corrected chi connectivity index (χ1v) is 6.15. The molecule has 0 aliphatic carbocycles. The second kappa shape index (κ2) is 5.51. The summed E-state index contributed by atoms with van der Waals surface area (Å²) in [5, 5.41) is 9.68. The highest BCUT2D eigenvalue weighted by Crippen LogP contribution is 2.34. The molecular weight excluding hydrogens is 287 g/mol. The normalized spacial score (nSPS) is 10.3. The van der Waals surface area contributed by atoms with Crippen LogP contribution >= 0.6 is 23.2 Å². The largest absolute Gasteiger partial charge is 0.496 e. The summed E-state index contributed by atoms with van der Waals surface area (Å²) in [4.78, 5) is 10.9. The first-order chi connectivity index (χ1) is 9.02. The van der Waals surface area contributed by atoms with Crippen molar-refractivity contribution in [2.45, 2.75) is 0 Å². The van der Waals surface area contributed by atoms with Crippen LogP contribution in [-0.4, -0.2) is 18.2 Å². The number of ether oxygens (including phenoxy) is 1. The van der Waals surface area contributed by atoms with E-state index < -0.39 is 5.97 Å². The molecule has 0 atom stereocenters. The molecule has 0 aromatic heterocycles. The Kier molecular flexibility index (Phi) is 3.98. The lowest BCUT2D eigenvalue weighted by Gasteiger charge is -2.10. The van der Waals surface area contributed by atoms with E-state index in [1.165, 1.54) is 6.07 Å². The van der Waals surface area contributed by atoms with Crippen LogP contribution in [0.5, 0.6) is 5.75 Å². The summed E-state index contributed by atoms with van der Waals surface area (Å²) in [6.45, 7) is 0. The standard InChI is InChI=1S/C14H10Cl2O3/c1-19-13-7-9(15)3-5-10(13)8-2-4-11(14(17)18)12(16)6-8/h2-7H,1H3,(H,17,18). The van der Waals surface area contributed by atoms with E-state index in [1.54, 1.807) is 37.4 Å². The monoisotopic (exact) mass is 296 g/mol. The number of benzene rings is 2. The maximum atomic E-state index is 10.9. The lowest BCUT2D eigenvalue weighted by molar-refractivity contribution is 0.0697. The predicted molar refractivity (Wildman–Crippen MR) is 75.4 cm³/mol. The zero-order chi connectivity index (χ0) is 14.0. The topological polar surface area (TPSA) is 46.5 Å². The van der Waals surface area contributed by atoms with E-state index in [2.05, 4.69) is 0 Å². The molecule has 2 rings (SSSR count). The minimum atomic E-state index is -1.06. The summed E-state index contributed by atoms with van der Waals surface area (Å²) >= 11 is 11.9. The van der Waals surface area contributed by atoms with Crippen molar-refractivity contribution in [3.05, 3.63) is 52.0 Å². The van der Waals surface area contributed by atoms with Gasteiger partial charge < -0.3 is 9.84 Å². The number of methoxy groups -OCH3 is 1. The number of hydrogen-bond acceptors (Lipinski definition) is 2. The highest BCUT2D eigenvalue weighted by atomic mass is 35.5. The van der Waals surface area contributed by atoms with Crippen molar-refractivity contribution in [1.29, 1.82) is 0 Å². The van der Waals surface area contributed by atoms with Crippen molar-refractivity contribution in [3.8, 4) is 16.9 Å². The lowest BCUT2D eigenvalue weighted by Crippen LogP contribution is -1.97.